The molecular formula is C17H17ClO4. The van der Waals surface area contributed by atoms with Crippen LogP contribution in [0.3, 0.4) is 0 Å². The predicted octanol–water partition coefficient (Wildman–Crippen LogP) is 3.73. The van der Waals surface area contributed by atoms with Crippen LogP contribution in [0.4, 0.5) is 0 Å². The average molecular weight is 321 g/mol. The van der Waals surface area contributed by atoms with Crippen LogP contribution in [0.25, 0.3) is 0 Å². The first-order valence-electron chi connectivity index (χ1n) is 6.78. The van der Waals surface area contributed by atoms with Crippen molar-refractivity contribution in [3.8, 4) is 11.5 Å². The Labute approximate surface area is 134 Å². The highest BCUT2D eigenvalue weighted by molar-refractivity contribution is 6.31. The van der Waals surface area contributed by atoms with Gasteiger partial charge in [0.25, 0.3) is 0 Å². The van der Waals surface area contributed by atoms with E-state index in [1.807, 2.05) is 19.1 Å². The third kappa shape index (κ3) is 4.15. The summed E-state index contributed by atoms with van der Waals surface area (Å²) in [5.41, 5.74) is 1.70. The van der Waals surface area contributed by atoms with Gasteiger partial charge in [0.2, 0.25) is 0 Å². The van der Waals surface area contributed by atoms with Gasteiger partial charge in [-0.1, -0.05) is 23.7 Å². The van der Waals surface area contributed by atoms with Crippen LogP contribution < -0.4 is 9.47 Å². The Morgan fingerprint density at radius 3 is 2.36 bits per heavy atom. The van der Waals surface area contributed by atoms with E-state index in [0.717, 1.165) is 16.9 Å². The van der Waals surface area contributed by atoms with Crippen molar-refractivity contribution >= 4 is 17.6 Å². The Balaban J connectivity index is 2.12. The second kappa shape index (κ2) is 7.18. The highest BCUT2D eigenvalue weighted by atomic mass is 35.5. The summed E-state index contributed by atoms with van der Waals surface area (Å²) < 4.78 is 10.7. The van der Waals surface area contributed by atoms with Crippen molar-refractivity contribution in [3.63, 3.8) is 0 Å². The van der Waals surface area contributed by atoms with Gasteiger partial charge < -0.3 is 14.6 Å². The first-order valence-corrected chi connectivity index (χ1v) is 7.16. The third-order valence-corrected chi connectivity index (χ3v) is 3.69. The van der Waals surface area contributed by atoms with Gasteiger partial charge in [0.1, 0.15) is 11.5 Å². The molecule has 4 nitrogen and oxygen atoms in total. The van der Waals surface area contributed by atoms with Crippen molar-refractivity contribution in [1.82, 2.24) is 0 Å². The number of ether oxygens (including phenoxy) is 2. The number of aliphatic carboxylic acids is 1. The van der Waals surface area contributed by atoms with Crippen LogP contribution >= 0.6 is 11.6 Å². The maximum Gasteiger partial charge on any atom is 0.345 e. The first kappa shape index (κ1) is 16.2. The summed E-state index contributed by atoms with van der Waals surface area (Å²) in [6, 6.07) is 12.3. The number of carboxylic acids is 1. The predicted molar refractivity (Wildman–Crippen MR) is 84.9 cm³/mol. The minimum absolute atomic E-state index is 0.265. The monoisotopic (exact) mass is 320 g/mol. The molecule has 2 rings (SSSR count). The van der Waals surface area contributed by atoms with Crippen molar-refractivity contribution < 1.29 is 19.4 Å². The zero-order valence-electron chi connectivity index (χ0n) is 12.4. The zero-order valence-corrected chi connectivity index (χ0v) is 13.1. The number of benzene rings is 2. The number of aryl methyl sites for hydroxylation is 1. The molecule has 0 heterocycles. The summed E-state index contributed by atoms with van der Waals surface area (Å²) in [6.07, 6.45) is -0.699. The van der Waals surface area contributed by atoms with Gasteiger partial charge in [-0.25, -0.2) is 4.79 Å². The Morgan fingerprint density at radius 2 is 1.82 bits per heavy atom. The largest absolute Gasteiger partial charge is 0.497 e. The van der Waals surface area contributed by atoms with Gasteiger partial charge in [-0.3, -0.25) is 0 Å². The number of hydrogen-bond acceptors (Lipinski definition) is 3. The lowest BCUT2D eigenvalue weighted by Gasteiger charge is -2.16. The van der Waals surface area contributed by atoms with Crippen molar-refractivity contribution in [2.24, 2.45) is 0 Å². The van der Waals surface area contributed by atoms with Crippen molar-refractivity contribution in [2.45, 2.75) is 19.4 Å². The van der Waals surface area contributed by atoms with E-state index in [9.17, 15) is 9.90 Å². The SMILES string of the molecule is COc1ccc(C[C@H](Oc2ccc(Cl)c(C)c2)C(=O)O)cc1. The molecule has 1 atom stereocenters. The number of halogens is 1. The van der Waals surface area contributed by atoms with E-state index in [1.54, 1.807) is 37.4 Å². The van der Waals surface area contributed by atoms with E-state index in [2.05, 4.69) is 0 Å². The number of carboxylic acid groups (broad SMARTS) is 1. The topological polar surface area (TPSA) is 55.8 Å². The molecule has 2 aromatic rings. The summed E-state index contributed by atoms with van der Waals surface area (Å²) in [5.74, 6) is 0.205. The Hall–Kier alpha value is -2.20. The van der Waals surface area contributed by atoms with Crippen LogP contribution in [0.1, 0.15) is 11.1 Å². The fourth-order valence-corrected chi connectivity index (χ4v) is 2.13. The second-order valence-electron chi connectivity index (χ2n) is 4.91. The number of carbonyl (C=O) groups is 1. The summed E-state index contributed by atoms with van der Waals surface area (Å²) in [7, 11) is 1.58. The highest BCUT2D eigenvalue weighted by Gasteiger charge is 2.20. The van der Waals surface area contributed by atoms with Gasteiger partial charge in [-0.2, -0.15) is 0 Å². The number of hydrogen-bond donors (Lipinski definition) is 1. The van der Waals surface area contributed by atoms with Crippen LogP contribution in [0, 0.1) is 6.92 Å². The van der Waals surface area contributed by atoms with Crippen molar-refractivity contribution in [2.75, 3.05) is 7.11 Å². The summed E-state index contributed by atoms with van der Waals surface area (Å²) in [4.78, 5) is 11.4. The minimum Gasteiger partial charge on any atom is -0.497 e. The molecule has 0 aliphatic carbocycles. The molecule has 0 saturated heterocycles. The Kier molecular flexibility index (Phi) is 5.28. The molecule has 0 saturated carbocycles. The van der Waals surface area contributed by atoms with E-state index in [1.165, 1.54) is 0 Å². The smallest absolute Gasteiger partial charge is 0.345 e. The normalized spacial score (nSPS) is 11.8. The fourth-order valence-electron chi connectivity index (χ4n) is 2.01. The van der Waals surface area contributed by atoms with Gasteiger partial charge in [0.15, 0.2) is 6.10 Å². The number of rotatable bonds is 6. The molecule has 2 aromatic carbocycles. The molecule has 0 aromatic heterocycles. The van der Waals surface area contributed by atoms with Crippen LogP contribution in [0.2, 0.25) is 5.02 Å². The molecule has 116 valence electrons. The van der Waals surface area contributed by atoms with Crippen LogP contribution in [0.5, 0.6) is 11.5 Å². The molecule has 0 aliphatic heterocycles. The summed E-state index contributed by atoms with van der Waals surface area (Å²) in [5, 5.41) is 9.96. The molecule has 0 radical (unpaired) electrons. The molecule has 1 N–H and O–H groups in total. The summed E-state index contributed by atoms with van der Waals surface area (Å²) in [6.45, 7) is 1.84. The van der Waals surface area contributed by atoms with E-state index >= 15 is 0 Å². The maximum absolute atomic E-state index is 11.4. The molecule has 0 bridgehead atoms. The lowest BCUT2D eigenvalue weighted by Crippen LogP contribution is -2.29. The maximum atomic E-state index is 11.4. The second-order valence-corrected chi connectivity index (χ2v) is 5.32. The molecule has 0 fully saturated rings. The van der Waals surface area contributed by atoms with Gasteiger partial charge >= 0.3 is 5.97 Å². The number of methoxy groups -OCH3 is 1. The molecule has 5 heteroatoms. The standard InChI is InChI=1S/C17H17ClO4/c1-11-9-14(7-8-15(11)18)22-16(17(19)20)10-12-3-5-13(21-2)6-4-12/h3-9,16H,10H2,1-2H3,(H,19,20)/t16-/m0/s1. The molecule has 0 amide bonds. The fraction of sp³-hybridized carbons (Fsp3) is 0.235. The van der Waals surface area contributed by atoms with Crippen LogP contribution in [-0.2, 0) is 11.2 Å². The van der Waals surface area contributed by atoms with E-state index in [-0.39, 0.29) is 6.42 Å². The average Bonchev–Trinajstić information content (AvgIpc) is 2.51. The lowest BCUT2D eigenvalue weighted by atomic mass is 10.1. The molecule has 0 spiro atoms. The third-order valence-electron chi connectivity index (χ3n) is 3.26. The molecule has 0 aliphatic rings. The van der Waals surface area contributed by atoms with Crippen molar-refractivity contribution in [1.29, 1.82) is 0 Å². The van der Waals surface area contributed by atoms with Crippen molar-refractivity contribution in [3.05, 3.63) is 58.6 Å². The zero-order chi connectivity index (χ0) is 16.1. The van der Waals surface area contributed by atoms with E-state index < -0.39 is 12.1 Å². The van der Waals surface area contributed by atoms with E-state index in [4.69, 9.17) is 21.1 Å². The van der Waals surface area contributed by atoms with Gasteiger partial charge in [-0.05, 0) is 48.4 Å². The molecule has 22 heavy (non-hydrogen) atoms. The first-order chi connectivity index (χ1) is 10.5. The summed E-state index contributed by atoms with van der Waals surface area (Å²) >= 11 is 5.95. The van der Waals surface area contributed by atoms with Gasteiger partial charge in [0, 0.05) is 11.4 Å². The molecule has 0 unspecified atom stereocenters. The quantitative estimate of drug-likeness (QED) is 0.881. The van der Waals surface area contributed by atoms with E-state index in [0.29, 0.717) is 10.8 Å². The van der Waals surface area contributed by atoms with Gasteiger partial charge in [-0.15, -0.1) is 0 Å². The minimum atomic E-state index is -1.01. The highest BCUT2D eigenvalue weighted by Crippen LogP contribution is 2.23. The Morgan fingerprint density at radius 1 is 1.18 bits per heavy atom. The van der Waals surface area contributed by atoms with Gasteiger partial charge in [0.05, 0.1) is 7.11 Å². The lowest BCUT2D eigenvalue weighted by molar-refractivity contribution is -0.145. The Bertz CT molecular complexity index is 652. The van der Waals surface area contributed by atoms with Crippen LogP contribution in [-0.4, -0.2) is 24.3 Å². The van der Waals surface area contributed by atoms with Crippen LogP contribution in [0.15, 0.2) is 42.5 Å². The molecular weight excluding hydrogens is 304 g/mol.